The molecule has 0 amide bonds. The highest BCUT2D eigenvalue weighted by Gasteiger charge is 2.21. The van der Waals surface area contributed by atoms with Gasteiger partial charge in [0.15, 0.2) is 9.84 Å². The van der Waals surface area contributed by atoms with E-state index in [2.05, 4.69) is 5.32 Å². The summed E-state index contributed by atoms with van der Waals surface area (Å²) in [6.45, 7) is 0.357. The zero-order chi connectivity index (χ0) is 12.5. The fraction of sp³-hybridized carbons (Fsp3) is 0.300. The maximum Gasteiger partial charge on any atom is 0.346 e. The first kappa shape index (κ1) is 12.3. The standard InChI is InChI=1S/C10H11NO4S2/c12-10(13)9-7(1-3-16-9)5-11-8-2-4-17(14,15)6-8/h1-4,8,11H,5-6H2,(H,12,13). The minimum absolute atomic E-state index is 0.0412. The molecule has 0 aromatic carbocycles. The normalized spacial score (nSPS) is 21.8. The minimum atomic E-state index is -3.07. The first-order valence-electron chi connectivity index (χ1n) is 4.92. The number of sulfone groups is 1. The van der Waals surface area contributed by atoms with Crippen molar-refractivity contribution in [3.8, 4) is 0 Å². The molecule has 0 fully saturated rings. The van der Waals surface area contributed by atoms with Crippen LogP contribution in [-0.2, 0) is 16.4 Å². The van der Waals surface area contributed by atoms with E-state index in [1.807, 2.05) is 0 Å². The number of nitrogens with one attached hydrogen (secondary N) is 1. The van der Waals surface area contributed by atoms with Gasteiger partial charge in [-0.2, -0.15) is 0 Å². The van der Waals surface area contributed by atoms with E-state index in [4.69, 9.17) is 5.11 Å². The van der Waals surface area contributed by atoms with Crippen LogP contribution in [0.15, 0.2) is 22.9 Å². The second-order valence-electron chi connectivity index (χ2n) is 3.73. The summed E-state index contributed by atoms with van der Waals surface area (Å²) in [5.74, 6) is -0.911. The van der Waals surface area contributed by atoms with Crippen molar-refractivity contribution in [3.63, 3.8) is 0 Å². The molecule has 17 heavy (non-hydrogen) atoms. The number of hydrogen-bond donors (Lipinski definition) is 2. The van der Waals surface area contributed by atoms with Crippen molar-refractivity contribution in [3.05, 3.63) is 33.4 Å². The molecule has 1 atom stereocenters. The fourth-order valence-corrected chi connectivity index (χ4v) is 3.64. The Bertz CT molecular complexity index is 559. The van der Waals surface area contributed by atoms with E-state index in [0.717, 1.165) is 11.3 Å². The molecule has 0 saturated carbocycles. The topological polar surface area (TPSA) is 83.5 Å². The number of rotatable bonds is 4. The molecule has 92 valence electrons. The minimum Gasteiger partial charge on any atom is -0.477 e. The van der Waals surface area contributed by atoms with Gasteiger partial charge in [0.05, 0.1) is 5.75 Å². The molecule has 1 aliphatic heterocycles. The van der Waals surface area contributed by atoms with Gasteiger partial charge in [-0.3, -0.25) is 0 Å². The maximum absolute atomic E-state index is 11.2. The molecule has 0 bridgehead atoms. The van der Waals surface area contributed by atoms with Crippen molar-refractivity contribution >= 4 is 27.1 Å². The summed E-state index contributed by atoms with van der Waals surface area (Å²) in [7, 11) is -3.07. The highest BCUT2D eigenvalue weighted by atomic mass is 32.2. The second kappa shape index (κ2) is 4.59. The number of carboxylic acids is 1. The van der Waals surface area contributed by atoms with Crippen molar-refractivity contribution < 1.29 is 18.3 Å². The average Bonchev–Trinajstić information content (AvgIpc) is 2.81. The fourth-order valence-electron chi connectivity index (χ4n) is 1.61. The van der Waals surface area contributed by atoms with E-state index in [-0.39, 0.29) is 11.8 Å². The van der Waals surface area contributed by atoms with Gasteiger partial charge in [-0.1, -0.05) is 6.08 Å². The van der Waals surface area contributed by atoms with E-state index in [1.165, 1.54) is 5.41 Å². The molecule has 0 aliphatic carbocycles. The first-order chi connectivity index (χ1) is 7.98. The van der Waals surface area contributed by atoms with Gasteiger partial charge in [0.2, 0.25) is 0 Å². The lowest BCUT2D eigenvalue weighted by atomic mass is 10.2. The third kappa shape index (κ3) is 2.93. The van der Waals surface area contributed by atoms with Gasteiger partial charge in [-0.05, 0) is 17.0 Å². The monoisotopic (exact) mass is 273 g/mol. The van der Waals surface area contributed by atoms with E-state index >= 15 is 0 Å². The van der Waals surface area contributed by atoms with Gasteiger partial charge in [0, 0.05) is 18.0 Å². The molecule has 5 nitrogen and oxygen atoms in total. The summed E-state index contributed by atoms with van der Waals surface area (Å²) < 4.78 is 22.3. The Hall–Kier alpha value is -1.18. The van der Waals surface area contributed by atoms with Crippen LogP contribution in [0.1, 0.15) is 15.2 Å². The van der Waals surface area contributed by atoms with E-state index in [1.54, 1.807) is 17.5 Å². The second-order valence-corrected chi connectivity index (χ2v) is 6.57. The molecule has 1 aliphatic rings. The third-order valence-electron chi connectivity index (χ3n) is 2.43. The molecule has 2 N–H and O–H groups in total. The highest BCUT2D eigenvalue weighted by molar-refractivity contribution is 7.94. The van der Waals surface area contributed by atoms with Crippen LogP contribution in [0.4, 0.5) is 0 Å². The van der Waals surface area contributed by atoms with E-state index in [0.29, 0.717) is 17.0 Å². The predicted molar refractivity (Wildman–Crippen MR) is 64.8 cm³/mol. The van der Waals surface area contributed by atoms with E-state index in [9.17, 15) is 13.2 Å². The molecule has 0 saturated heterocycles. The van der Waals surface area contributed by atoms with Crippen LogP contribution < -0.4 is 5.32 Å². The lowest BCUT2D eigenvalue weighted by Gasteiger charge is -2.09. The molecule has 7 heteroatoms. The Morgan fingerprint density at radius 2 is 2.35 bits per heavy atom. The number of thiophene rings is 1. The first-order valence-corrected chi connectivity index (χ1v) is 7.51. The number of carbonyl (C=O) groups is 1. The quantitative estimate of drug-likeness (QED) is 0.849. The van der Waals surface area contributed by atoms with Crippen LogP contribution in [0.3, 0.4) is 0 Å². The summed E-state index contributed by atoms with van der Waals surface area (Å²) in [5.41, 5.74) is 0.681. The molecule has 1 aromatic rings. The SMILES string of the molecule is O=C(O)c1sccc1CNC1C=CS(=O)(=O)C1. The number of hydrogen-bond acceptors (Lipinski definition) is 5. The zero-order valence-electron chi connectivity index (χ0n) is 8.79. The number of aromatic carboxylic acids is 1. The summed E-state index contributed by atoms with van der Waals surface area (Å²) in [5, 5.41) is 14.8. The van der Waals surface area contributed by atoms with Crippen molar-refractivity contribution in [2.24, 2.45) is 0 Å². The van der Waals surface area contributed by atoms with Crippen LogP contribution in [0.5, 0.6) is 0 Å². The van der Waals surface area contributed by atoms with Crippen LogP contribution in [-0.4, -0.2) is 31.3 Å². The Balaban J connectivity index is 1.97. The average molecular weight is 273 g/mol. The van der Waals surface area contributed by atoms with Crippen molar-refractivity contribution in [1.29, 1.82) is 0 Å². The van der Waals surface area contributed by atoms with Crippen LogP contribution in [0, 0.1) is 0 Å². The highest BCUT2D eigenvalue weighted by Crippen LogP contribution is 2.17. The van der Waals surface area contributed by atoms with Crippen LogP contribution in [0.2, 0.25) is 0 Å². The smallest absolute Gasteiger partial charge is 0.346 e. The Morgan fingerprint density at radius 1 is 1.59 bits per heavy atom. The molecule has 0 spiro atoms. The lowest BCUT2D eigenvalue weighted by molar-refractivity contribution is 0.0701. The molecule has 2 heterocycles. The van der Waals surface area contributed by atoms with Crippen LogP contribution >= 0.6 is 11.3 Å². The maximum atomic E-state index is 11.2. The van der Waals surface area contributed by atoms with E-state index < -0.39 is 15.8 Å². The Kier molecular flexibility index (Phi) is 3.32. The molecule has 1 unspecified atom stereocenters. The van der Waals surface area contributed by atoms with Gasteiger partial charge in [-0.15, -0.1) is 11.3 Å². The molecule has 1 aromatic heterocycles. The van der Waals surface area contributed by atoms with Crippen molar-refractivity contribution in [2.75, 3.05) is 5.75 Å². The molecule has 2 rings (SSSR count). The van der Waals surface area contributed by atoms with Crippen molar-refractivity contribution in [1.82, 2.24) is 5.32 Å². The summed E-state index contributed by atoms with van der Waals surface area (Å²) in [6.07, 6.45) is 1.59. The molecular formula is C10H11NO4S2. The van der Waals surface area contributed by atoms with Gasteiger partial charge >= 0.3 is 5.97 Å². The summed E-state index contributed by atoms with van der Waals surface area (Å²) in [6, 6.07) is 1.50. The Labute approximate surface area is 103 Å². The van der Waals surface area contributed by atoms with Gasteiger partial charge in [-0.25, -0.2) is 13.2 Å². The zero-order valence-corrected chi connectivity index (χ0v) is 10.4. The summed E-state index contributed by atoms with van der Waals surface area (Å²) in [4.78, 5) is 11.1. The summed E-state index contributed by atoms with van der Waals surface area (Å²) >= 11 is 1.16. The largest absolute Gasteiger partial charge is 0.477 e. The molecular weight excluding hydrogens is 262 g/mol. The molecule has 0 radical (unpaired) electrons. The van der Waals surface area contributed by atoms with Gasteiger partial charge in [0.25, 0.3) is 0 Å². The van der Waals surface area contributed by atoms with Crippen LogP contribution in [0.25, 0.3) is 0 Å². The lowest BCUT2D eigenvalue weighted by Crippen LogP contribution is -2.29. The number of carboxylic acid groups (broad SMARTS) is 1. The predicted octanol–water partition coefficient (Wildman–Crippen LogP) is 0.847. The third-order valence-corrected chi connectivity index (χ3v) is 4.77. The Morgan fingerprint density at radius 3 is 2.94 bits per heavy atom. The van der Waals surface area contributed by atoms with Gasteiger partial charge < -0.3 is 10.4 Å². The van der Waals surface area contributed by atoms with Gasteiger partial charge in [0.1, 0.15) is 4.88 Å². The van der Waals surface area contributed by atoms with Crippen molar-refractivity contribution in [2.45, 2.75) is 12.6 Å².